The van der Waals surface area contributed by atoms with Gasteiger partial charge in [0.05, 0.1) is 18.6 Å². The van der Waals surface area contributed by atoms with Crippen molar-refractivity contribution in [3.8, 4) is 11.5 Å². The third-order valence-corrected chi connectivity index (χ3v) is 9.82. The standard InChI is InChI=1S/C31H38N2O4/c1-19(2)16-33(28(35)10-5-21-11-14-36-18-21)24-7-6-23-25-15-22-26(34)8-9-27-29(22)31(23,30(24)37-27)12-13-32(25)17-20-3-4-20/h5,8-11,14,18-20,23-25,30,34H,3-4,6-7,12-13,15-17H2,1-2H3/t23-,24-,25+,30+,31-/m0/s1. The fourth-order valence-electron chi connectivity index (χ4n) is 8.20. The molecule has 1 saturated heterocycles. The third-order valence-electron chi connectivity index (χ3n) is 9.82. The largest absolute Gasteiger partial charge is 0.508 e. The van der Waals surface area contributed by atoms with Crippen LogP contribution < -0.4 is 4.74 Å². The van der Waals surface area contributed by atoms with Crippen molar-refractivity contribution in [2.75, 3.05) is 19.6 Å². The minimum Gasteiger partial charge on any atom is -0.508 e. The molecule has 1 N–H and O–H groups in total. The molecular weight excluding hydrogens is 464 g/mol. The van der Waals surface area contributed by atoms with E-state index in [4.69, 9.17) is 9.15 Å². The van der Waals surface area contributed by atoms with Crippen LogP contribution >= 0.6 is 0 Å². The third kappa shape index (κ3) is 3.66. The monoisotopic (exact) mass is 502 g/mol. The molecule has 2 saturated carbocycles. The molecule has 0 unspecified atom stereocenters. The number of phenolic OH excluding ortho intramolecular Hbond substituents is 1. The summed E-state index contributed by atoms with van der Waals surface area (Å²) in [6.45, 7) is 7.33. The second-order valence-electron chi connectivity index (χ2n) is 12.5. The lowest BCUT2D eigenvalue weighted by molar-refractivity contribution is -0.138. The Hall–Kier alpha value is -2.73. The number of ether oxygens (including phenoxy) is 1. The molecule has 1 aromatic carbocycles. The summed E-state index contributed by atoms with van der Waals surface area (Å²) in [4.78, 5) is 18.5. The van der Waals surface area contributed by atoms with Crippen molar-refractivity contribution in [1.29, 1.82) is 0 Å². The molecule has 3 aliphatic carbocycles. The Kier molecular flexibility index (Phi) is 5.47. The maximum absolute atomic E-state index is 13.7. The Labute approximate surface area is 219 Å². The van der Waals surface area contributed by atoms with Gasteiger partial charge in [-0.3, -0.25) is 9.69 Å². The predicted octanol–water partition coefficient (Wildman–Crippen LogP) is 5.00. The average molecular weight is 503 g/mol. The normalized spacial score (nSPS) is 32.0. The van der Waals surface area contributed by atoms with Crippen LogP contribution in [0.3, 0.4) is 0 Å². The van der Waals surface area contributed by atoms with E-state index >= 15 is 0 Å². The first-order valence-electron chi connectivity index (χ1n) is 14.2. The summed E-state index contributed by atoms with van der Waals surface area (Å²) < 4.78 is 12.1. The van der Waals surface area contributed by atoms with E-state index in [9.17, 15) is 9.90 Å². The number of hydrogen-bond acceptors (Lipinski definition) is 5. The summed E-state index contributed by atoms with van der Waals surface area (Å²) in [7, 11) is 0. The van der Waals surface area contributed by atoms with Gasteiger partial charge >= 0.3 is 0 Å². The lowest BCUT2D eigenvalue weighted by Crippen LogP contribution is -2.69. The fourth-order valence-corrected chi connectivity index (χ4v) is 8.20. The smallest absolute Gasteiger partial charge is 0.246 e. The summed E-state index contributed by atoms with van der Waals surface area (Å²) in [6, 6.07) is 6.12. The highest BCUT2D eigenvalue weighted by Crippen LogP contribution is 2.64. The number of benzene rings is 1. The topological polar surface area (TPSA) is 66.2 Å². The van der Waals surface area contributed by atoms with Gasteiger partial charge in [0.15, 0.2) is 0 Å². The van der Waals surface area contributed by atoms with Crippen molar-refractivity contribution >= 4 is 12.0 Å². The summed E-state index contributed by atoms with van der Waals surface area (Å²) >= 11 is 0. The zero-order valence-electron chi connectivity index (χ0n) is 21.9. The van der Waals surface area contributed by atoms with Gasteiger partial charge < -0.3 is 19.2 Å². The van der Waals surface area contributed by atoms with Crippen LogP contribution in [-0.4, -0.2) is 58.6 Å². The van der Waals surface area contributed by atoms with Crippen molar-refractivity contribution in [2.24, 2.45) is 17.8 Å². The molecule has 2 bridgehead atoms. The molecule has 2 aromatic rings. The molecule has 2 aliphatic heterocycles. The van der Waals surface area contributed by atoms with Crippen molar-refractivity contribution in [1.82, 2.24) is 9.80 Å². The number of furan rings is 1. The van der Waals surface area contributed by atoms with Gasteiger partial charge in [-0.15, -0.1) is 0 Å². The van der Waals surface area contributed by atoms with Gasteiger partial charge in [0.25, 0.3) is 0 Å². The van der Waals surface area contributed by atoms with Gasteiger partial charge in [-0.2, -0.15) is 0 Å². The number of likely N-dealkylation sites (tertiary alicyclic amines) is 1. The maximum atomic E-state index is 13.7. The van der Waals surface area contributed by atoms with E-state index in [0.29, 0.717) is 30.2 Å². The highest BCUT2D eigenvalue weighted by atomic mass is 16.5. The van der Waals surface area contributed by atoms with E-state index in [1.54, 1.807) is 18.6 Å². The van der Waals surface area contributed by atoms with Gasteiger partial charge in [0.2, 0.25) is 5.91 Å². The second kappa shape index (κ2) is 8.65. The Bertz CT molecular complexity index is 1220. The number of hydrogen-bond donors (Lipinski definition) is 1. The first-order chi connectivity index (χ1) is 18.0. The number of nitrogens with zero attached hydrogens (tertiary/aromatic N) is 2. The lowest BCUT2D eigenvalue weighted by Gasteiger charge is -2.60. The summed E-state index contributed by atoms with van der Waals surface area (Å²) in [5.41, 5.74) is 3.13. The van der Waals surface area contributed by atoms with E-state index in [1.165, 1.54) is 24.9 Å². The Morgan fingerprint density at radius 1 is 1.24 bits per heavy atom. The van der Waals surface area contributed by atoms with Crippen LogP contribution in [0, 0.1) is 17.8 Å². The molecule has 1 spiro atoms. The molecule has 5 aliphatic rings. The summed E-state index contributed by atoms with van der Waals surface area (Å²) in [5.74, 6) is 3.10. The highest BCUT2D eigenvalue weighted by molar-refractivity contribution is 5.92. The Morgan fingerprint density at radius 2 is 2.11 bits per heavy atom. The predicted molar refractivity (Wildman–Crippen MR) is 141 cm³/mol. The molecular formula is C31H38N2O4. The zero-order chi connectivity index (χ0) is 25.3. The summed E-state index contributed by atoms with van der Waals surface area (Å²) in [6.07, 6.45) is 13.5. The quantitative estimate of drug-likeness (QED) is 0.540. The number of rotatable bonds is 7. The van der Waals surface area contributed by atoms with Crippen LogP contribution in [-0.2, 0) is 16.6 Å². The molecule has 1 amide bonds. The van der Waals surface area contributed by atoms with Crippen LogP contribution in [0.25, 0.3) is 6.08 Å². The van der Waals surface area contributed by atoms with Crippen LogP contribution in [0.2, 0.25) is 0 Å². The van der Waals surface area contributed by atoms with E-state index in [1.807, 2.05) is 24.3 Å². The molecule has 3 fully saturated rings. The Balaban J connectivity index is 1.27. The maximum Gasteiger partial charge on any atom is 0.246 e. The van der Waals surface area contributed by atoms with Crippen molar-refractivity contribution in [3.63, 3.8) is 0 Å². The highest BCUT2D eigenvalue weighted by Gasteiger charge is 2.66. The molecule has 37 heavy (non-hydrogen) atoms. The number of aromatic hydroxyl groups is 1. The number of carbonyl (C=O) groups is 1. The van der Waals surface area contributed by atoms with Gasteiger partial charge in [0, 0.05) is 47.3 Å². The van der Waals surface area contributed by atoms with Crippen LogP contribution in [0.5, 0.6) is 11.5 Å². The van der Waals surface area contributed by atoms with E-state index in [0.717, 1.165) is 55.0 Å². The average Bonchev–Trinajstić information content (AvgIpc) is 3.41. The van der Waals surface area contributed by atoms with Gasteiger partial charge in [-0.25, -0.2) is 0 Å². The number of phenols is 1. The van der Waals surface area contributed by atoms with Crippen LogP contribution in [0.4, 0.5) is 0 Å². The number of amides is 1. The molecule has 1 aromatic heterocycles. The zero-order valence-corrected chi connectivity index (χ0v) is 21.9. The molecule has 5 atom stereocenters. The molecule has 7 rings (SSSR count). The summed E-state index contributed by atoms with van der Waals surface area (Å²) in [5, 5.41) is 11.0. The van der Waals surface area contributed by atoms with Crippen molar-refractivity contribution in [3.05, 3.63) is 53.5 Å². The van der Waals surface area contributed by atoms with E-state index in [2.05, 4.69) is 23.6 Å². The molecule has 196 valence electrons. The van der Waals surface area contributed by atoms with Gasteiger partial charge in [-0.05, 0) is 87.1 Å². The lowest BCUT2D eigenvalue weighted by atomic mass is 9.50. The molecule has 3 heterocycles. The minimum absolute atomic E-state index is 0.0104. The SMILES string of the molecule is CC(C)CN(C(=O)C=Cc1ccoc1)[C@H]1CC[C@H]2[C@H]3Cc4c(O)ccc5c4[C@@]2(CCN3CC2CC2)[C@@H]1O5. The van der Waals surface area contributed by atoms with Crippen molar-refractivity contribution in [2.45, 2.75) is 76.0 Å². The van der Waals surface area contributed by atoms with Crippen molar-refractivity contribution < 1.29 is 19.1 Å². The van der Waals surface area contributed by atoms with Crippen LogP contribution in [0.1, 0.15) is 62.6 Å². The minimum atomic E-state index is -0.126. The van der Waals surface area contributed by atoms with Gasteiger partial charge in [0.1, 0.15) is 17.6 Å². The van der Waals surface area contributed by atoms with Gasteiger partial charge in [-0.1, -0.05) is 13.8 Å². The molecule has 6 heteroatoms. The number of piperidine rings is 1. The molecule has 0 radical (unpaired) electrons. The Morgan fingerprint density at radius 3 is 2.86 bits per heavy atom. The fraction of sp³-hybridized carbons (Fsp3) is 0.581. The van der Waals surface area contributed by atoms with Crippen LogP contribution in [0.15, 0.2) is 41.2 Å². The first kappa shape index (κ1) is 23.4. The second-order valence-corrected chi connectivity index (χ2v) is 12.5. The first-order valence-corrected chi connectivity index (χ1v) is 14.2. The number of carbonyl (C=O) groups excluding carboxylic acids is 1. The van der Waals surface area contributed by atoms with E-state index < -0.39 is 0 Å². The molecule has 6 nitrogen and oxygen atoms in total. The van der Waals surface area contributed by atoms with E-state index in [-0.39, 0.29) is 23.5 Å².